The van der Waals surface area contributed by atoms with Crippen molar-refractivity contribution in [2.24, 2.45) is 0 Å². The summed E-state index contributed by atoms with van der Waals surface area (Å²) >= 11 is 0. The van der Waals surface area contributed by atoms with Crippen LogP contribution < -0.4 is 0 Å². The summed E-state index contributed by atoms with van der Waals surface area (Å²) in [5.74, 6) is -0.975. The maximum Gasteiger partial charge on any atom is 0.306 e. The van der Waals surface area contributed by atoms with Crippen LogP contribution in [0.4, 0.5) is 0 Å². The number of hydrogen-bond donors (Lipinski definition) is 0. The molecule has 1 atom stereocenters. The van der Waals surface area contributed by atoms with E-state index in [0.29, 0.717) is 19.3 Å². The number of rotatable bonds is 53. The quantitative estimate of drug-likeness (QED) is 0.0262. The van der Waals surface area contributed by atoms with Gasteiger partial charge >= 0.3 is 17.9 Å². The Hall–Kier alpha value is -3.15. The summed E-state index contributed by atoms with van der Waals surface area (Å²) in [5.41, 5.74) is 0. The number of hydrogen-bond acceptors (Lipinski definition) is 6. The molecule has 0 aromatic heterocycles. The fourth-order valence-electron chi connectivity index (χ4n) is 8.31. The summed E-state index contributed by atoms with van der Waals surface area (Å²) in [5, 5.41) is 0. The van der Waals surface area contributed by atoms with Gasteiger partial charge in [0.1, 0.15) is 13.2 Å². The van der Waals surface area contributed by atoms with Crippen molar-refractivity contribution in [1.29, 1.82) is 0 Å². The molecule has 0 radical (unpaired) electrons. The Labute approximate surface area is 427 Å². The smallest absolute Gasteiger partial charge is 0.306 e. The Morgan fingerprint density at radius 2 is 0.594 bits per heavy atom. The first-order valence-electron chi connectivity index (χ1n) is 29.4. The Morgan fingerprint density at radius 3 is 0.971 bits per heavy atom. The Bertz CT molecular complexity index is 1290. The monoisotopic (exact) mass is 963 g/mol. The van der Waals surface area contributed by atoms with E-state index < -0.39 is 6.10 Å². The van der Waals surface area contributed by atoms with Gasteiger partial charge in [0.15, 0.2) is 6.10 Å². The van der Waals surface area contributed by atoms with Crippen molar-refractivity contribution in [2.75, 3.05) is 13.2 Å². The van der Waals surface area contributed by atoms with Gasteiger partial charge in [-0.25, -0.2) is 0 Å². The predicted molar refractivity (Wildman–Crippen MR) is 298 cm³/mol. The summed E-state index contributed by atoms with van der Waals surface area (Å²) in [6.45, 7) is 6.48. The predicted octanol–water partition coefficient (Wildman–Crippen LogP) is 19.8. The highest BCUT2D eigenvalue weighted by atomic mass is 16.6. The second-order valence-corrected chi connectivity index (χ2v) is 19.5. The van der Waals surface area contributed by atoms with Gasteiger partial charge in [-0.1, -0.05) is 267 Å². The van der Waals surface area contributed by atoms with Crippen LogP contribution in [0, 0.1) is 0 Å². The van der Waals surface area contributed by atoms with Crippen molar-refractivity contribution < 1.29 is 28.6 Å². The molecule has 0 aliphatic rings. The first kappa shape index (κ1) is 65.8. The van der Waals surface area contributed by atoms with Gasteiger partial charge in [-0.3, -0.25) is 14.4 Å². The fourth-order valence-corrected chi connectivity index (χ4v) is 8.31. The lowest BCUT2D eigenvalue weighted by molar-refractivity contribution is -0.166. The second kappa shape index (κ2) is 57.4. The van der Waals surface area contributed by atoms with Crippen LogP contribution >= 0.6 is 0 Å². The highest BCUT2D eigenvalue weighted by Gasteiger charge is 2.19. The lowest BCUT2D eigenvalue weighted by Crippen LogP contribution is -2.30. The molecule has 6 nitrogen and oxygen atoms in total. The summed E-state index contributed by atoms with van der Waals surface area (Å²) in [4.78, 5) is 38.1. The SMILES string of the molecule is CC/C=C\C/C=C\C/C=C\C/C=C\CCC(=O)OCC(COC(=O)CCCCCCCCCCC/C=C\C/C=C\CCCCCCC)OC(=O)CCCCCCCCCCCCCCCCCCC. The minimum atomic E-state index is -0.804. The van der Waals surface area contributed by atoms with Gasteiger partial charge < -0.3 is 14.2 Å². The molecule has 0 amide bonds. The van der Waals surface area contributed by atoms with Crippen LogP contribution in [-0.2, 0) is 28.6 Å². The summed E-state index contributed by atoms with van der Waals surface area (Å²) in [6.07, 6.45) is 73.4. The van der Waals surface area contributed by atoms with Crippen molar-refractivity contribution >= 4 is 17.9 Å². The van der Waals surface area contributed by atoms with Crippen molar-refractivity contribution in [3.05, 3.63) is 72.9 Å². The molecule has 0 heterocycles. The van der Waals surface area contributed by atoms with Gasteiger partial charge in [-0.2, -0.15) is 0 Å². The third-order valence-corrected chi connectivity index (χ3v) is 12.7. The van der Waals surface area contributed by atoms with E-state index in [9.17, 15) is 14.4 Å². The van der Waals surface area contributed by atoms with Crippen LogP contribution in [0.25, 0.3) is 0 Å². The zero-order valence-electron chi connectivity index (χ0n) is 45.6. The average molecular weight is 964 g/mol. The van der Waals surface area contributed by atoms with Crippen molar-refractivity contribution in [3.63, 3.8) is 0 Å². The number of carbonyl (C=O) groups excluding carboxylic acids is 3. The minimum absolute atomic E-state index is 0.0974. The Kier molecular flexibility index (Phi) is 54.8. The summed E-state index contributed by atoms with van der Waals surface area (Å²) in [7, 11) is 0. The molecule has 0 aliphatic carbocycles. The van der Waals surface area contributed by atoms with Crippen LogP contribution in [0.2, 0.25) is 0 Å². The number of esters is 3. The van der Waals surface area contributed by atoms with E-state index in [1.165, 1.54) is 173 Å². The summed E-state index contributed by atoms with van der Waals surface area (Å²) < 4.78 is 16.8. The van der Waals surface area contributed by atoms with E-state index >= 15 is 0 Å². The van der Waals surface area contributed by atoms with Crippen molar-refractivity contribution in [3.8, 4) is 0 Å². The largest absolute Gasteiger partial charge is 0.462 e. The number of ether oxygens (including phenoxy) is 3. The highest BCUT2D eigenvalue weighted by Crippen LogP contribution is 2.16. The molecule has 398 valence electrons. The molecule has 0 saturated heterocycles. The summed E-state index contributed by atoms with van der Waals surface area (Å²) in [6, 6.07) is 0. The van der Waals surface area contributed by atoms with Gasteiger partial charge in [0, 0.05) is 19.3 Å². The Balaban J connectivity index is 4.38. The Morgan fingerprint density at radius 1 is 0.304 bits per heavy atom. The topological polar surface area (TPSA) is 78.9 Å². The van der Waals surface area contributed by atoms with Crippen LogP contribution in [-0.4, -0.2) is 37.2 Å². The number of carbonyl (C=O) groups is 3. The van der Waals surface area contributed by atoms with Gasteiger partial charge in [0.2, 0.25) is 0 Å². The first-order valence-corrected chi connectivity index (χ1v) is 29.4. The van der Waals surface area contributed by atoms with E-state index in [2.05, 4.69) is 87.6 Å². The maximum atomic E-state index is 12.9. The third-order valence-electron chi connectivity index (χ3n) is 12.7. The zero-order valence-corrected chi connectivity index (χ0v) is 45.6. The molecule has 0 fully saturated rings. The zero-order chi connectivity index (χ0) is 50.0. The molecular formula is C63H110O6. The average Bonchev–Trinajstić information content (AvgIpc) is 3.35. The molecule has 0 rings (SSSR count). The molecule has 0 aromatic carbocycles. The molecule has 0 bridgehead atoms. The van der Waals surface area contributed by atoms with E-state index in [4.69, 9.17) is 14.2 Å². The van der Waals surface area contributed by atoms with E-state index in [0.717, 1.165) is 70.6 Å². The fraction of sp³-hybridized carbons (Fsp3) is 0.762. The molecule has 0 aromatic rings. The lowest BCUT2D eigenvalue weighted by Gasteiger charge is -2.18. The van der Waals surface area contributed by atoms with E-state index in [1.54, 1.807) is 0 Å². The van der Waals surface area contributed by atoms with Crippen LogP contribution in [0.5, 0.6) is 0 Å². The molecule has 0 N–H and O–H groups in total. The van der Waals surface area contributed by atoms with E-state index in [-0.39, 0.29) is 37.5 Å². The molecule has 69 heavy (non-hydrogen) atoms. The normalized spacial score (nSPS) is 12.6. The van der Waals surface area contributed by atoms with E-state index in [1.807, 2.05) is 6.08 Å². The van der Waals surface area contributed by atoms with Crippen molar-refractivity contribution in [2.45, 2.75) is 297 Å². The molecule has 0 aliphatic heterocycles. The second-order valence-electron chi connectivity index (χ2n) is 19.5. The molecule has 0 spiro atoms. The molecule has 0 saturated carbocycles. The first-order chi connectivity index (χ1) is 34.0. The van der Waals surface area contributed by atoms with Gasteiger partial charge in [-0.05, 0) is 77.0 Å². The third kappa shape index (κ3) is 55.6. The van der Waals surface area contributed by atoms with Gasteiger partial charge in [0.25, 0.3) is 0 Å². The number of allylic oxidation sites excluding steroid dienone is 12. The molecule has 6 heteroatoms. The minimum Gasteiger partial charge on any atom is -0.462 e. The van der Waals surface area contributed by atoms with Gasteiger partial charge in [0.05, 0.1) is 0 Å². The van der Waals surface area contributed by atoms with Crippen LogP contribution in [0.1, 0.15) is 290 Å². The number of unbranched alkanes of at least 4 members (excludes halogenated alkanes) is 30. The lowest BCUT2D eigenvalue weighted by atomic mass is 10.0. The van der Waals surface area contributed by atoms with Gasteiger partial charge in [-0.15, -0.1) is 0 Å². The highest BCUT2D eigenvalue weighted by molar-refractivity contribution is 5.71. The maximum absolute atomic E-state index is 12.9. The van der Waals surface area contributed by atoms with Crippen LogP contribution in [0.15, 0.2) is 72.9 Å². The standard InChI is InChI=1S/C63H110O6/c1-4-7-10-13-16-19-22-25-27-29-30-31-32-34-35-38-41-44-47-50-53-56-62(65)68-59-60(58-67-61(64)55-52-49-46-43-40-37-24-21-18-15-12-9-6-3)69-63(66)57-54-51-48-45-42-39-36-33-28-26-23-20-17-14-11-8-5-2/h9,12,18,21-22,25,29-30,37,40,46,49,60H,4-8,10-11,13-17,19-20,23-24,26-28,31-36,38-39,41-45,47-48,50-59H2,1-3H3/b12-9-,21-18-,25-22-,30-29-,40-37-,49-46-. The molecule has 1 unspecified atom stereocenters. The van der Waals surface area contributed by atoms with Crippen molar-refractivity contribution in [1.82, 2.24) is 0 Å². The van der Waals surface area contributed by atoms with Crippen LogP contribution in [0.3, 0.4) is 0 Å². The molecular weight excluding hydrogens is 853 g/mol.